The summed E-state index contributed by atoms with van der Waals surface area (Å²) >= 11 is 2.90. The number of rotatable bonds is 6. The van der Waals surface area contributed by atoms with Gasteiger partial charge in [0.15, 0.2) is 0 Å². The van der Waals surface area contributed by atoms with E-state index in [0.717, 1.165) is 18.2 Å². The van der Waals surface area contributed by atoms with Gasteiger partial charge in [-0.1, -0.05) is 15.9 Å². The third kappa shape index (κ3) is 4.29. The van der Waals surface area contributed by atoms with Crippen LogP contribution in [-0.4, -0.2) is 17.7 Å². The number of alkyl halides is 5. The van der Waals surface area contributed by atoms with Gasteiger partial charge in [0.1, 0.15) is 11.5 Å². The van der Waals surface area contributed by atoms with E-state index in [1.165, 1.54) is 0 Å². The number of ketones is 1. The van der Waals surface area contributed by atoms with Crippen molar-refractivity contribution in [2.45, 2.75) is 19.5 Å². The number of benzene rings is 1. The molecule has 0 aliphatic carbocycles. The molecule has 1 aromatic rings. The van der Waals surface area contributed by atoms with Gasteiger partial charge in [0, 0.05) is 12.0 Å². The van der Waals surface area contributed by atoms with Crippen LogP contribution in [0.1, 0.15) is 17.6 Å². The molecule has 0 atom stereocenters. The van der Waals surface area contributed by atoms with Gasteiger partial charge < -0.3 is 4.74 Å². The van der Waals surface area contributed by atoms with E-state index in [0.29, 0.717) is 0 Å². The quantitative estimate of drug-likeness (QED) is 0.587. The van der Waals surface area contributed by atoms with Gasteiger partial charge in [-0.15, -0.1) is 0 Å². The highest BCUT2D eigenvalue weighted by molar-refractivity contribution is 9.09. The van der Waals surface area contributed by atoms with Crippen LogP contribution in [0.5, 0.6) is 5.75 Å². The number of ether oxygens (including phenoxy) is 1. The molecule has 2 nitrogen and oxygen atoms in total. The summed E-state index contributed by atoms with van der Waals surface area (Å²) in [7, 11) is 0. The first-order valence-electron chi connectivity index (χ1n) is 4.87. The molecule has 0 unspecified atom stereocenters. The Morgan fingerprint density at radius 3 is 2.44 bits per heavy atom. The monoisotopic (exact) mass is 328 g/mol. The molecule has 0 saturated carbocycles. The van der Waals surface area contributed by atoms with Crippen LogP contribution in [0.3, 0.4) is 0 Å². The van der Waals surface area contributed by atoms with Gasteiger partial charge in [0.2, 0.25) is 0 Å². The molecule has 0 fully saturated rings. The Morgan fingerprint density at radius 1 is 1.28 bits per heavy atom. The summed E-state index contributed by atoms with van der Waals surface area (Å²) < 4.78 is 53.4. The van der Waals surface area contributed by atoms with E-state index in [2.05, 4.69) is 20.7 Å². The lowest BCUT2D eigenvalue weighted by Crippen LogP contribution is -2.08. The van der Waals surface area contributed by atoms with Crippen LogP contribution in [0, 0.1) is 0 Å². The Kier molecular flexibility index (Phi) is 5.58. The number of halogens is 5. The summed E-state index contributed by atoms with van der Waals surface area (Å²) in [5.41, 5.74) is -0.362. The maximum absolute atomic E-state index is 12.7. The number of Topliss-reactive ketones (excluding diaryl/α,β-unsaturated/α-hetero) is 1. The zero-order valence-electron chi connectivity index (χ0n) is 9.01. The van der Waals surface area contributed by atoms with Crippen molar-refractivity contribution in [2.24, 2.45) is 0 Å². The van der Waals surface area contributed by atoms with E-state index in [1.807, 2.05) is 0 Å². The van der Waals surface area contributed by atoms with E-state index >= 15 is 0 Å². The van der Waals surface area contributed by atoms with Crippen molar-refractivity contribution in [1.29, 1.82) is 0 Å². The average molecular weight is 329 g/mol. The van der Waals surface area contributed by atoms with Crippen molar-refractivity contribution in [3.63, 3.8) is 0 Å². The van der Waals surface area contributed by atoms with Crippen molar-refractivity contribution in [1.82, 2.24) is 0 Å². The molecule has 18 heavy (non-hydrogen) atoms. The number of carbonyl (C=O) groups excluding carboxylic acids is 1. The summed E-state index contributed by atoms with van der Waals surface area (Å²) in [4.78, 5) is 11.2. The Labute approximate surface area is 109 Å². The molecule has 1 aromatic carbocycles. The lowest BCUT2D eigenvalue weighted by molar-refractivity contribution is -0.115. The highest BCUT2D eigenvalue weighted by Crippen LogP contribution is 2.28. The van der Waals surface area contributed by atoms with Crippen LogP contribution in [0.4, 0.5) is 17.6 Å². The van der Waals surface area contributed by atoms with Crippen LogP contribution < -0.4 is 4.74 Å². The second-order valence-electron chi connectivity index (χ2n) is 3.39. The van der Waals surface area contributed by atoms with Crippen molar-refractivity contribution >= 4 is 21.7 Å². The molecule has 100 valence electrons. The number of hydrogen-bond acceptors (Lipinski definition) is 2. The summed E-state index contributed by atoms with van der Waals surface area (Å²) in [6.07, 6.45) is -3.03. The molecule has 0 bridgehead atoms. The fourth-order valence-corrected chi connectivity index (χ4v) is 1.58. The number of hydrogen-bond donors (Lipinski definition) is 0. The molecule has 0 aliphatic rings. The Balaban J connectivity index is 3.03. The van der Waals surface area contributed by atoms with Crippen LogP contribution >= 0.6 is 15.9 Å². The van der Waals surface area contributed by atoms with Gasteiger partial charge in [-0.25, -0.2) is 8.78 Å². The van der Waals surface area contributed by atoms with E-state index in [-0.39, 0.29) is 34.4 Å². The second-order valence-corrected chi connectivity index (χ2v) is 3.95. The van der Waals surface area contributed by atoms with E-state index in [9.17, 15) is 22.4 Å². The maximum Gasteiger partial charge on any atom is 0.387 e. The van der Waals surface area contributed by atoms with Gasteiger partial charge >= 0.3 is 6.61 Å². The van der Waals surface area contributed by atoms with Gasteiger partial charge in [-0.2, -0.15) is 8.78 Å². The predicted molar refractivity (Wildman–Crippen MR) is 60.5 cm³/mol. The fraction of sp³-hybridized carbons (Fsp3) is 0.364. The van der Waals surface area contributed by atoms with Crippen molar-refractivity contribution in [2.75, 3.05) is 5.33 Å². The molecular weight excluding hydrogens is 320 g/mol. The zero-order chi connectivity index (χ0) is 13.7. The average Bonchev–Trinajstić information content (AvgIpc) is 2.27. The summed E-state index contributed by atoms with van der Waals surface area (Å²) in [6, 6.07) is 3.04. The minimum Gasteiger partial charge on any atom is -0.435 e. The van der Waals surface area contributed by atoms with E-state index in [4.69, 9.17) is 0 Å². The maximum atomic E-state index is 12.7. The number of carbonyl (C=O) groups is 1. The van der Waals surface area contributed by atoms with Crippen molar-refractivity contribution < 1.29 is 27.1 Å². The molecule has 0 aromatic heterocycles. The standard InChI is InChI=1S/C11H9BrF4O2/c12-5-7(17)3-6-4-8(18-11(15)16)1-2-9(6)10(13)14/h1-2,4,10-11H,3,5H2. The first-order chi connectivity index (χ1) is 8.43. The van der Waals surface area contributed by atoms with Gasteiger partial charge in [0.25, 0.3) is 6.43 Å². The molecular formula is C11H9BrF4O2. The molecule has 7 heteroatoms. The fourth-order valence-electron chi connectivity index (χ4n) is 1.38. The van der Waals surface area contributed by atoms with Crippen molar-refractivity contribution in [3.05, 3.63) is 29.3 Å². The molecule has 0 aliphatic heterocycles. The van der Waals surface area contributed by atoms with E-state index < -0.39 is 13.0 Å². The molecule has 0 N–H and O–H groups in total. The predicted octanol–water partition coefficient (Wildman–Crippen LogP) is 3.73. The molecule has 0 saturated heterocycles. The first kappa shape index (κ1) is 14.9. The second kappa shape index (κ2) is 6.72. The van der Waals surface area contributed by atoms with Crippen LogP contribution in [0.2, 0.25) is 0 Å². The molecule has 0 amide bonds. The minimum atomic E-state index is -3.04. The lowest BCUT2D eigenvalue weighted by Gasteiger charge is -2.11. The highest BCUT2D eigenvalue weighted by atomic mass is 79.9. The first-order valence-corrected chi connectivity index (χ1v) is 5.99. The SMILES string of the molecule is O=C(CBr)Cc1cc(OC(F)F)ccc1C(F)F. The smallest absolute Gasteiger partial charge is 0.387 e. The molecule has 0 spiro atoms. The zero-order valence-corrected chi connectivity index (χ0v) is 10.6. The third-order valence-corrected chi connectivity index (χ3v) is 2.74. The Bertz CT molecular complexity index is 424. The molecule has 0 radical (unpaired) electrons. The summed E-state index contributed by atoms with van der Waals surface area (Å²) in [6.45, 7) is -3.04. The lowest BCUT2D eigenvalue weighted by atomic mass is 10.0. The largest absolute Gasteiger partial charge is 0.435 e. The van der Waals surface area contributed by atoms with Crippen molar-refractivity contribution in [3.8, 4) is 5.75 Å². The molecule has 1 rings (SSSR count). The Hall–Kier alpha value is -1.11. The van der Waals surface area contributed by atoms with Crippen LogP contribution in [-0.2, 0) is 11.2 Å². The normalized spacial score (nSPS) is 11.1. The third-order valence-electron chi connectivity index (χ3n) is 2.11. The van der Waals surface area contributed by atoms with Crippen LogP contribution in [0.15, 0.2) is 18.2 Å². The van der Waals surface area contributed by atoms with E-state index in [1.54, 1.807) is 0 Å². The summed E-state index contributed by atoms with van der Waals surface area (Å²) in [5, 5.41) is 0.00953. The molecule has 0 heterocycles. The van der Waals surface area contributed by atoms with Crippen LogP contribution in [0.25, 0.3) is 0 Å². The Morgan fingerprint density at radius 2 is 1.94 bits per heavy atom. The van der Waals surface area contributed by atoms with Gasteiger partial charge in [0.05, 0.1) is 5.33 Å². The van der Waals surface area contributed by atoms with Gasteiger partial charge in [-0.3, -0.25) is 4.79 Å². The minimum absolute atomic E-state index is 0.00685. The van der Waals surface area contributed by atoms with Gasteiger partial charge in [-0.05, 0) is 23.8 Å². The topological polar surface area (TPSA) is 26.3 Å². The summed E-state index contributed by atoms with van der Waals surface area (Å²) in [5.74, 6) is -0.571. The highest BCUT2D eigenvalue weighted by Gasteiger charge is 2.17.